The van der Waals surface area contributed by atoms with Crippen LogP contribution in [0.3, 0.4) is 0 Å². The molecule has 1 fully saturated rings. The minimum atomic E-state index is -0.0908. The van der Waals surface area contributed by atoms with Gasteiger partial charge in [0.15, 0.2) is 18.2 Å². The largest absolute Gasteiger partial charge is 0.468 e. The highest BCUT2D eigenvalue weighted by molar-refractivity contribution is 6.37. The molecule has 4 rings (SSSR count). The van der Waals surface area contributed by atoms with Crippen LogP contribution < -0.4 is 4.74 Å². The second-order valence-electron chi connectivity index (χ2n) is 7.22. The molecule has 0 saturated carbocycles. The summed E-state index contributed by atoms with van der Waals surface area (Å²) in [5.41, 5.74) is 1.48. The van der Waals surface area contributed by atoms with E-state index in [2.05, 4.69) is 10.00 Å². The number of carbonyl (C=O) groups excluding carboxylic acids is 1. The van der Waals surface area contributed by atoms with Crippen molar-refractivity contribution in [2.24, 2.45) is 0 Å². The van der Waals surface area contributed by atoms with E-state index in [9.17, 15) is 4.79 Å². The molecule has 1 aromatic heterocycles. The first-order chi connectivity index (χ1) is 15.0. The predicted octanol–water partition coefficient (Wildman–Crippen LogP) is 4.84. The molecule has 1 aliphatic rings. The third-order valence-electron chi connectivity index (χ3n) is 5.13. The Hall–Kier alpha value is -2.25. The zero-order valence-corrected chi connectivity index (χ0v) is 18.9. The van der Waals surface area contributed by atoms with Crippen LogP contribution in [-0.2, 0) is 13.3 Å². The maximum atomic E-state index is 12.8. The van der Waals surface area contributed by atoms with Crippen LogP contribution in [0.1, 0.15) is 16.1 Å². The number of carbonyl (C=O) groups is 1. The van der Waals surface area contributed by atoms with Crippen LogP contribution in [0.2, 0.25) is 15.1 Å². The number of amides is 1. The van der Waals surface area contributed by atoms with E-state index in [0.29, 0.717) is 34.6 Å². The molecule has 0 spiro atoms. The lowest BCUT2D eigenvalue weighted by molar-refractivity contribution is 0.0621. The van der Waals surface area contributed by atoms with Crippen LogP contribution in [0, 0.1) is 0 Å². The molecule has 1 amide bonds. The van der Waals surface area contributed by atoms with Crippen molar-refractivity contribution in [3.05, 3.63) is 81.1 Å². The van der Waals surface area contributed by atoms with E-state index in [-0.39, 0.29) is 12.6 Å². The zero-order chi connectivity index (χ0) is 21.8. The highest BCUT2D eigenvalue weighted by atomic mass is 35.5. The number of piperazine rings is 1. The third-order valence-corrected chi connectivity index (χ3v) is 6.10. The van der Waals surface area contributed by atoms with Gasteiger partial charge in [0.1, 0.15) is 0 Å². The van der Waals surface area contributed by atoms with Gasteiger partial charge in [0.2, 0.25) is 0 Å². The second-order valence-corrected chi connectivity index (χ2v) is 8.45. The molecular formula is C22H21Cl3N4O2. The van der Waals surface area contributed by atoms with Crippen molar-refractivity contribution in [2.45, 2.75) is 13.3 Å². The van der Waals surface area contributed by atoms with Crippen molar-refractivity contribution in [1.82, 2.24) is 19.6 Å². The Kier molecular flexibility index (Phi) is 7.02. The summed E-state index contributed by atoms with van der Waals surface area (Å²) < 4.78 is 7.21. The molecule has 1 saturated heterocycles. The van der Waals surface area contributed by atoms with Crippen molar-refractivity contribution in [2.75, 3.05) is 26.2 Å². The molecule has 3 aromatic rings. The minimum Gasteiger partial charge on any atom is -0.468 e. The first-order valence-corrected chi connectivity index (χ1v) is 11.0. The molecule has 0 aliphatic carbocycles. The number of hydrogen-bond donors (Lipinski definition) is 0. The van der Waals surface area contributed by atoms with Gasteiger partial charge in [-0.15, -0.1) is 0 Å². The van der Waals surface area contributed by atoms with Crippen LogP contribution in [0.15, 0.2) is 54.7 Å². The number of nitrogens with zero attached hydrogens (tertiary/aromatic N) is 4. The number of rotatable bonds is 6. The summed E-state index contributed by atoms with van der Waals surface area (Å²) in [6, 6.07) is 14.7. The van der Waals surface area contributed by atoms with Gasteiger partial charge in [0.25, 0.3) is 5.91 Å². The Morgan fingerprint density at radius 3 is 2.29 bits per heavy atom. The standard InChI is InChI=1S/C22H21Cl3N4O2/c23-17-5-2-1-4-16(17)14-27-10-12-28(13-11-27)22(30)20-8-9-29(26-20)15-31-21-18(24)6-3-7-19(21)25/h1-9H,10-15H2. The number of halogens is 3. The summed E-state index contributed by atoms with van der Waals surface area (Å²) >= 11 is 18.5. The molecular weight excluding hydrogens is 459 g/mol. The molecule has 0 N–H and O–H groups in total. The Labute approximate surface area is 195 Å². The van der Waals surface area contributed by atoms with Crippen molar-refractivity contribution in [3.8, 4) is 5.75 Å². The fraction of sp³-hybridized carbons (Fsp3) is 0.273. The normalized spacial score (nSPS) is 14.6. The Bertz CT molecular complexity index is 1040. The fourth-order valence-corrected chi connectivity index (χ4v) is 4.14. The van der Waals surface area contributed by atoms with Gasteiger partial charge >= 0.3 is 0 Å². The van der Waals surface area contributed by atoms with Gasteiger partial charge in [-0.05, 0) is 29.8 Å². The van der Waals surface area contributed by atoms with Crippen LogP contribution >= 0.6 is 34.8 Å². The quantitative estimate of drug-likeness (QED) is 0.508. The number of benzene rings is 2. The van der Waals surface area contributed by atoms with Crippen molar-refractivity contribution >= 4 is 40.7 Å². The Morgan fingerprint density at radius 1 is 0.903 bits per heavy atom. The number of aromatic nitrogens is 2. The minimum absolute atomic E-state index is 0.0908. The van der Waals surface area contributed by atoms with Gasteiger partial charge < -0.3 is 9.64 Å². The topological polar surface area (TPSA) is 50.6 Å². The lowest BCUT2D eigenvalue weighted by Crippen LogP contribution is -2.48. The summed E-state index contributed by atoms with van der Waals surface area (Å²) in [6.07, 6.45) is 1.70. The number of hydrogen-bond acceptors (Lipinski definition) is 4. The van der Waals surface area contributed by atoms with Gasteiger partial charge in [-0.2, -0.15) is 5.10 Å². The van der Waals surface area contributed by atoms with Crippen molar-refractivity contribution in [3.63, 3.8) is 0 Å². The van der Waals surface area contributed by atoms with E-state index >= 15 is 0 Å². The lowest BCUT2D eigenvalue weighted by Gasteiger charge is -2.34. The van der Waals surface area contributed by atoms with E-state index in [1.807, 2.05) is 29.2 Å². The third kappa shape index (κ3) is 5.33. The van der Waals surface area contributed by atoms with E-state index in [0.717, 1.165) is 30.2 Å². The maximum absolute atomic E-state index is 12.8. The van der Waals surface area contributed by atoms with Crippen molar-refractivity contribution < 1.29 is 9.53 Å². The van der Waals surface area contributed by atoms with Gasteiger partial charge in [-0.1, -0.05) is 59.1 Å². The maximum Gasteiger partial charge on any atom is 0.274 e. The van der Waals surface area contributed by atoms with Crippen LogP contribution in [0.4, 0.5) is 0 Å². The summed E-state index contributed by atoms with van der Waals surface area (Å²) in [5, 5.41) is 5.96. The van der Waals surface area contributed by atoms with E-state index in [1.165, 1.54) is 0 Å². The summed E-state index contributed by atoms with van der Waals surface area (Å²) in [7, 11) is 0. The number of para-hydroxylation sites is 1. The summed E-state index contributed by atoms with van der Waals surface area (Å²) in [6.45, 7) is 3.72. The zero-order valence-electron chi connectivity index (χ0n) is 16.7. The molecule has 6 nitrogen and oxygen atoms in total. The van der Waals surface area contributed by atoms with Gasteiger partial charge in [0, 0.05) is 43.9 Å². The molecule has 0 unspecified atom stereocenters. The summed E-state index contributed by atoms with van der Waals surface area (Å²) in [5.74, 6) is 0.302. The van der Waals surface area contributed by atoms with Gasteiger partial charge in [0.05, 0.1) is 10.0 Å². The summed E-state index contributed by atoms with van der Waals surface area (Å²) in [4.78, 5) is 17.0. The van der Waals surface area contributed by atoms with Gasteiger partial charge in [-0.25, -0.2) is 4.68 Å². The van der Waals surface area contributed by atoms with Crippen LogP contribution in [-0.4, -0.2) is 51.7 Å². The first-order valence-electron chi connectivity index (χ1n) is 9.86. The van der Waals surface area contributed by atoms with Crippen molar-refractivity contribution in [1.29, 1.82) is 0 Å². The van der Waals surface area contributed by atoms with Crippen LogP contribution in [0.25, 0.3) is 0 Å². The molecule has 9 heteroatoms. The molecule has 31 heavy (non-hydrogen) atoms. The monoisotopic (exact) mass is 478 g/mol. The van der Waals surface area contributed by atoms with E-state index in [1.54, 1.807) is 35.1 Å². The smallest absolute Gasteiger partial charge is 0.274 e. The molecule has 0 atom stereocenters. The Morgan fingerprint density at radius 2 is 1.58 bits per heavy atom. The van der Waals surface area contributed by atoms with Crippen LogP contribution in [0.5, 0.6) is 5.75 Å². The molecule has 0 bridgehead atoms. The average molecular weight is 480 g/mol. The molecule has 2 aromatic carbocycles. The van der Waals surface area contributed by atoms with Gasteiger partial charge in [-0.3, -0.25) is 9.69 Å². The molecule has 162 valence electrons. The molecule has 0 radical (unpaired) electrons. The second kappa shape index (κ2) is 9.92. The van der Waals surface area contributed by atoms with E-state index in [4.69, 9.17) is 39.5 Å². The highest BCUT2D eigenvalue weighted by Crippen LogP contribution is 2.32. The number of ether oxygens (including phenoxy) is 1. The fourth-order valence-electron chi connectivity index (χ4n) is 3.44. The van der Waals surface area contributed by atoms with E-state index < -0.39 is 0 Å². The highest BCUT2D eigenvalue weighted by Gasteiger charge is 2.24. The average Bonchev–Trinajstić information content (AvgIpc) is 3.24. The predicted molar refractivity (Wildman–Crippen MR) is 122 cm³/mol. The Balaban J connectivity index is 1.30. The lowest BCUT2D eigenvalue weighted by atomic mass is 10.2. The molecule has 2 heterocycles. The SMILES string of the molecule is O=C(c1ccn(COc2c(Cl)cccc2Cl)n1)N1CCN(Cc2ccccc2Cl)CC1. The molecule has 1 aliphatic heterocycles. The first kappa shape index (κ1) is 22.0.